The van der Waals surface area contributed by atoms with Gasteiger partial charge in [0, 0.05) is 17.1 Å². The lowest BCUT2D eigenvalue weighted by Crippen LogP contribution is -2.37. The zero-order valence-corrected chi connectivity index (χ0v) is 16.8. The molecule has 0 spiro atoms. The minimum Gasteiger partial charge on any atom is -0.495 e. The normalized spacial score (nSPS) is 13.9. The van der Waals surface area contributed by atoms with Gasteiger partial charge in [-0.15, -0.1) is 5.10 Å². The largest absolute Gasteiger partial charge is 0.495 e. The van der Waals surface area contributed by atoms with E-state index in [2.05, 4.69) is 15.4 Å². The second kappa shape index (κ2) is 7.03. The maximum absolute atomic E-state index is 13.1. The minimum atomic E-state index is -0.420. The highest BCUT2D eigenvalue weighted by molar-refractivity contribution is 6.31. The van der Waals surface area contributed by atoms with Gasteiger partial charge in [0.05, 0.1) is 25.0 Å². The summed E-state index contributed by atoms with van der Waals surface area (Å²) in [6.45, 7) is 1.00. The van der Waals surface area contributed by atoms with E-state index < -0.39 is 11.6 Å². The Morgan fingerprint density at radius 3 is 2.93 bits per heavy atom. The molecule has 9 nitrogen and oxygen atoms in total. The Morgan fingerprint density at radius 2 is 2.10 bits per heavy atom. The number of nitrogens with one attached hydrogen (secondary N) is 1. The number of carbonyl (C=O) groups excluding carboxylic acids is 1. The Bertz CT molecular complexity index is 1260. The average molecular weight is 425 g/mol. The summed E-state index contributed by atoms with van der Waals surface area (Å²) in [4.78, 5) is 32.2. The van der Waals surface area contributed by atoms with Crippen LogP contribution in [0.4, 0.5) is 11.6 Å². The Kier molecular flexibility index (Phi) is 4.32. The first-order chi connectivity index (χ1) is 14.6. The molecular formula is C20H17ClN6O3. The number of ether oxygens (including phenoxy) is 1. The van der Waals surface area contributed by atoms with Gasteiger partial charge in [-0.3, -0.25) is 14.7 Å². The molecule has 152 valence electrons. The van der Waals surface area contributed by atoms with E-state index in [-0.39, 0.29) is 6.54 Å². The quantitative estimate of drug-likeness (QED) is 0.690. The summed E-state index contributed by atoms with van der Waals surface area (Å²) in [5.74, 6) is 1.30. The van der Waals surface area contributed by atoms with Gasteiger partial charge in [0.1, 0.15) is 18.1 Å². The molecule has 2 aromatic carbocycles. The summed E-state index contributed by atoms with van der Waals surface area (Å²) in [5, 5.41) is 7.61. The number of fused-ring (bicyclic) bond motifs is 6. The SMILES string of the molecule is COc1ccc(Cl)cc1NC(=O)Cn1nc2n(c1=O)-c1ccccc1C1=NCCN12. The van der Waals surface area contributed by atoms with Gasteiger partial charge in [0.15, 0.2) is 0 Å². The molecule has 0 fully saturated rings. The van der Waals surface area contributed by atoms with Crippen LogP contribution >= 0.6 is 11.6 Å². The van der Waals surface area contributed by atoms with Crippen molar-refractivity contribution in [3.05, 3.63) is 63.5 Å². The average Bonchev–Trinajstić information content (AvgIpc) is 3.34. The van der Waals surface area contributed by atoms with Crippen LogP contribution in [0.3, 0.4) is 0 Å². The maximum atomic E-state index is 13.1. The predicted molar refractivity (Wildman–Crippen MR) is 113 cm³/mol. The first kappa shape index (κ1) is 18.4. The van der Waals surface area contributed by atoms with Crippen LogP contribution in [0.5, 0.6) is 5.75 Å². The van der Waals surface area contributed by atoms with Gasteiger partial charge >= 0.3 is 5.69 Å². The zero-order chi connectivity index (χ0) is 20.8. The van der Waals surface area contributed by atoms with Gasteiger partial charge in [-0.2, -0.15) is 0 Å². The van der Waals surface area contributed by atoms with Gasteiger partial charge in [0.25, 0.3) is 0 Å². The minimum absolute atomic E-state index is 0.253. The first-order valence-electron chi connectivity index (χ1n) is 9.32. The van der Waals surface area contributed by atoms with E-state index in [0.717, 1.165) is 16.1 Å². The fourth-order valence-electron chi connectivity index (χ4n) is 3.72. The van der Waals surface area contributed by atoms with Crippen molar-refractivity contribution in [2.24, 2.45) is 4.99 Å². The van der Waals surface area contributed by atoms with Crippen molar-refractivity contribution in [3.63, 3.8) is 0 Å². The third-order valence-corrected chi connectivity index (χ3v) is 5.25. The molecule has 0 atom stereocenters. The van der Waals surface area contributed by atoms with E-state index in [9.17, 15) is 9.59 Å². The van der Waals surface area contributed by atoms with Crippen molar-refractivity contribution in [1.82, 2.24) is 14.3 Å². The standard InChI is InChI=1S/C20H17ClN6O3/c1-30-16-7-6-12(21)10-14(16)23-17(28)11-26-20(29)27-15-5-3-2-4-13(15)18-22-8-9-25(18)19(27)24-26/h2-7,10H,8-9,11H2,1H3,(H,23,28). The van der Waals surface area contributed by atoms with Crippen molar-refractivity contribution in [1.29, 1.82) is 0 Å². The number of anilines is 2. The Morgan fingerprint density at radius 1 is 1.27 bits per heavy atom. The van der Waals surface area contributed by atoms with E-state index in [4.69, 9.17) is 16.3 Å². The number of halogens is 1. The molecular weight excluding hydrogens is 408 g/mol. The van der Waals surface area contributed by atoms with Crippen LogP contribution in [0.1, 0.15) is 5.56 Å². The Balaban J connectivity index is 1.49. The molecule has 2 aliphatic rings. The number of amides is 1. The number of aromatic nitrogens is 3. The van der Waals surface area contributed by atoms with Crippen molar-refractivity contribution < 1.29 is 9.53 Å². The molecule has 0 radical (unpaired) electrons. The molecule has 10 heteroatoms. The van der Waals surface area contributed by atoms with Gasteiger partial charge in [-0.25, -0.2) is 14.0 Å². The van der Waals surface area contributed by atoms with Crippen molar-refractivity contribution in [2.45, 2.75) is 6.54 Å². The maximum Gasteiger partial charge on any atom is 0.352 e. The lowest BCUT2D eigenvalue weighted by atomic mass is 10.1. The first-order valence-corrected chi connectivity index (χ1v) is 9.69. The van der Waals surface area contributed by atoms with Crippen molar-refractivity contribution in [3.8, 4) is 11.4 Å². The topological polar surface area (TPSA) is 93.8 Å². The second-order valence-electron chi connectivity index (χ2n) is 6.84. The van der Waals surface area contributed by atoms with Gasteiger partial charge in [0.2, 0.25) is 11.9 Å². The summed E-state index contributed by atoms with van der Waals surface area (Å²) < 4.78 is 7.92. The van der Waals surface area contributed by atoms with Crippen LogP contribution in [0.25, 0.3) is 5.69 Å². The smallest absolute Gasteiger partial charge is 0.352 e. The number of nitrogens with zero attached hydrogens (tertiary/aromatic N) is 5. The molecule has 0 saturated heterocycles. The predicted octanol–water partition coefficient (Wildman–Crippen LogP) is 1.91. The highest BCUT2D eigenvalue weighted by Crippen LogP contribution is 2.30. The fourth-order valence-corrected chi connectivity index (χ4v) is 3.89. The summed E-state index contributed by atoms with van der Waals surface area (Å²) in [6.07, 6.45) is 0. The van der Waals surface area contributed by atoms with E-state index in [1.54, 1.807) is 18.2 Å². The second-order valence-corrected chi connectivity index (χ2v) is 7.28. The third kappa shape index (κ3) is 2.86. The van der Waals surface area contributed by atoms with Crippen LogP contribution in [-0.2, 0) is 11.3 Å². The summed E-state index contributed by atoms with van der Waals surface area (Å²) >= 11 is 6.02. The molecule has 0 unspecified atom stereocenters. The summed E-state index contributed by atoms with van der Waals surface area (Å²) in [6, 6.07) is 12.4. The monoisotopic (exact) mass is 424 g/mol. The molecule has 0 bridgehead atoms. The highest BCUT2D eigenvalue weighted by Gasteiger charge is 2.34. The van der Waals surface area contributed by atoms with E-state index in [0.29, 0.717) is 41.2 Å². The summed E-state index contributed by atoms with van der Waals surface area (Å²) in [7, 11) is 1.50. The number of rotatable bonds is 4. The van der Waals surface area contributed by atoms with Crippen molar-refractivity contribution >= 4 is 35.0 Å². The number of hydrogen-bond acceptors (Lipinski definition) is 6. The number of benzene rings is 2. The third-order valence-electron chi connectivity index (χ3n) is 5.02. The molecule has 0 aliphatic carbocycles. The molecule has 5 rings (SSSR count). The molecule has 3 aromatic rings. The van der Waals surface area contributed by atoms with Crippen molar-refractivity contribution in [2.75, 3.05) is 30.4 Å². The molecule has 1 N–H and O–H groups in total. The lowest BCUT2D eigenvalue weighted by molar-refractivity contribution is -0.117. The molecule has 30 heavy (non-hydrogen) atoms. The Labute approximate surface area is 176 Å². The number of methoxy groups -OCH3 is 1. The lowest BCUT2D eigenvalue weighted by Gasteiger charge is -2.26. The zero-order valence-electron chi connectivity index (χ0n) is 16.0. The van der Waals surface area contributed by atoms with Gasteiger partial charge < -0.3 is 10.1 Å². The van der Waals surface area contributed by atoms with E-state index >= 15 is 0 Å². The number of amidine groups is 1. The van der Waals surface area contributed by atoms with Crippen LogP contribution in [-0.4, -0.2) is 46.3 Å². The molecule has 3 heterocycles. The van der Waals surface area contributed by atoms with Crippen LogP contribution in [0, 0.1) is 0 Å². The molecule has 1 amide bonds. The number of hydrogen-bond donors (Lipinski definition) is 1. The van der Waals surface area contributed by atoms with Gasteiger partial charge in [-0.05, 0) is 30.3 Å². The van der Waals surface area contributed by atoms with Crippen LogP contribution in [0.15, 0.2) is 52.3 Å². The Hall–Kier alpha value is -3.59. The summed E-state index contributed by atoms with van der Waals surface area (Å²) in [5.41, 5.74) is 1.61. The number of para-hydroxylation sites is 1. The number of carbonyl (C=O) groups is 1. The molecule has 2 aliphatic heterocycles. The highest BCUT2D eigenvalue weighted by atomic mass is 35.5. The fraction of sp³-hybridized carbons (Fsp3) is 0.200. The van der Waals surface area contributed by atoms with Gasteiger partial charge in [-0.1, -0.05) is 23.7 Å². The van der Waals surface area contributed by atoms with Crippen LogP contribution < -0.4 is 20.6 Å². The molecule has 1 aromatic heterocycles. The molecule has 0 saturated carbocycles. The van der Waals surface area contributed by atoms with Crippen LogP contribution in [0.2, 0.25) is 5.02 Å². The van der Waals surface area contributed by atoms with E-state index in [1.165, 1.54) is 11.7 Å². The van der Waals surface area contributed by atoms with E-state index in [1.807, 2.05) is 29.2 Å². The number of aliphatic imine (C=N–C) groups is 1.